The van der Waals surface area contributed by atoms with Gasteiger partial charge in [0.2, 0.25) is 17.7 Å². The highest BCUT2D eigenvalue weighted by Gasteiger charge is 2.45. The molecular formula is C17H19N3O5. The molecule has 8 heteroatoms. The molecule has 1 aromatic rings. The number of carbonyl (C=O) groups is 5. The highest BCUT2D eigenvalue weighted by molar-refractivity contribution is 6.24. The molecule has 0 aromatic heterocycles. The molecule has 3 rings (SSSR count). The van der Waals surface area contributed by atoms with Crippen molar-refractivity contribution in [2.24, 2.45) is 0 Å². The largest absolute Gasteiger partial charge is 0.352 e. The lowest BCUT2D eigenvalue weighted by atomic mass is 10.0. The molecule has 1 aromatic carbocycles. The zero-order valence-electron chi connectivity index (χ0n) is 12.9. The van der Waals surface area contributed by atoms with Gasteiger partial charge in [-0.25, -0.2) is 0 Å². The summed E-state index contributed by atoms with van der Waals surface area (Å²) in [5.41, 5.74) is 0.907. The summed E-state index contributed by atoms with van der Waals surface area (Å²) >= 11 is 0. The first-order valence-electron chi connectivity index (χ1n) is 7.48. The molecule has 2 aliphatic heterocycles. The summed E-state index contributed by atoms with van der Waals surface area (Å²) in [6.45, 7) is 1.46. The van der Waals surface area contributed by atoms with Crippen molar-refractivity contribution in [2.75, 3.05) is 0 Å². The number of rotatable bonds is 3. The van der Waals surface area contributed by atoms with Gasteiger partial charge in [-0.15, -0.1) is 0 Å². The van der Waals surface area contributed by atoms with Gasteiger partial charge in [0.25, 0.3) is 11.8 Å². The molecule has 1 fully saturated rings. The van der Waals surface area contributed by atoms with Crippen molar-refractivity contribution in [3.63, 3.8) is 0 Å². The van der Waals surface area contributed by atoms with E-state index in [1.165, 1.54) is 13.0 Å². The summed E-state index contributed by atoms with van der Waals surface area (Å²) in [5, 5.41) is 4.74. The molecule has 1 atom stereocenters. The summed E-state index contributed by atoms with van der Waals surface area (Å²) in [7, 11) is 0. The second-order valence-electron chi connectivity index (χ2n) is 5.70. The number of amides is 5. The second-order valence-corrected chi connectivity index (χ2v) is 5.70. The van der Waals surface area contributed by atoms with Crippen LogP contribution in [-0.2, 0) is 20.9 Å². The maximum atomic E-state index is 12.7. The van der Waals surface area contributed by atoms with E-state index in [4.69, 9.17) is 0 Å². The van der Waals surface area contributed by atoms with Gasteiger partial charge in [0.05, 0.1) is 11.1 Å². The van der Waals surface area contributed by atoms with Crippen LogP contribution in [0, 0.1) is 0 Å². The van der Waals surface area contributed by atoms with E-state index in [0.29, 0.717) is 5.56 Å². The van der Waals surface area contributed by atoms with E-state index in [9.17, 15) is 24.0 Å². The Hall–Kier alpha value is -3.03. The third-order valence-corrected chi connectivity index (χ3v) is 4.08. The number of fused-ring (bicyclic) bond motifs is 1. The van der Waals surface area contributed by atoms with Crippen molar-refractivity contribution >= 4 is 29.5 Å². The van der Waals surface area contributed by atoms with E-state index in [-0.39, 0.29) is 43.8 Å². The number of piperidine rings is 1. The van der Waals surface area contributed by atoms with Gasteiger partial charge in [-0.2, -0.15) is 0 Å². The molecule has 0 aliphatic carbocycles. The van der Waals surface area contributed by atoms with Crippen LogP contribution in [0.25, 0.3) is 0 Å². The Kier molecular flexibility index (Phi) is 5.01. The molecule has 0 radical (unpaired) electrons. The zero-order valence-corrected chi connectivity index (χ0v) is 12.9. The van der Waals surface area contributed by atoms with E-state index in [1.807, 2.05) is 0 Å². The maximum Gasteiger partial charge on any atom is 0.262 e. The van der Waals surface area contributed by atoms with Gasteiger partial charge in [-0.3, -0.25) is 34.2 Å². The second kappa shape index (κ2) is 6.84. The van der Waals surface area contributed by atoms with Gasteiger partial charge in [-0.05, 0) is 18.1 Å². The van der Waals surface area contributed by atoms with Gasteiger partial charge in [0, 0.05) is 19.9 Å². The first kappa shape index (κ1) is 18.3. The highest BCUT2D eigenvalue weighted by Crippen LogP contribution is 2.29. The normalized spacial score (nSPS) is 19.2. The predicted molar refractivity (Wildman–Crippen MR) is 87.4 cm³/mol. The fraction of sp³-hybridized carbons (Fsp3) is 0.353. The maximum absolute atomic E-state index is 12.7. The summed E-state index contributed by atoms with van der Waals surface area (Å²) in [5.74, 6) is -2.46. The fourth-order valence-electron chi connectivity index (χ4n) is 2.95. The van der Waals surface area contributed by atoms with E-state index in [1.54, 1.807) is 12.1 Å². The standard InChI is InChI=1S/C16H15N3O5.CH4/c1-8(20)17-7-9-3-2-4-10-13(9)16(24)19(15(10)23)11-5-6-12(21)18-14(11)22;/h2-4,11H,5-7H2,1H3,(H,17,20)(H,18,21,22);1H4/t11-;/m1./s1. The van der Waals surface area contributed by atoms with Crippen LogP contribution in [0.5, 0.6) is 0 Å². The third-order valence-electron chi connectivity index (χ3n) is 4.08. The molecule has 0 spiro atoms. The van der Waals surface area contributed by atoms with Crippen molar-refractivity contribution in [1.82, 2.24) is 15.5 Å². The Morgan fingerprint density at radius 3 is 2.60 bits per heavy atom. The Morgan fingerprint density at radius 1 is 1.24 bits per heavy atom. The first-order chi connectivity index (χ1) is 11.4. The average molecular weight is 345 g/mol. The SMILES string of the molecule is C.CC(=O)NCc1cccc2c1C(=O)N([C@@H]1CCC(=O)NC1=O)C2=O. The lowest BCUT2D eigenvalue weighted by Gasteiger charge is -2.27. The number of hydrogen-bond acceptors (Lipinski definition) is 5. The molecule has 1 saturated heterocycles. The van der Waals surface area contributed by atoms with Gasteiger partial charge in [-0.1, -0.05) is 19.6 Å². The summed E-state index contributed by atoms with van der Waals surface area (Å²) < 4.78 is 0. The molecule has 2 heterocycles. The smallest absolute Gasteiger partial charge is 0.262 e. The van der Waals surface area contributed by atoms with Crippen LogP contribution in [0.2, 0.25) is 0 Å². The van der Waals surface area contributed by atoms with E-state index < -0.39 is 29.7 Å². The first-order valence-corrected chi connectivity index (χ1v) is 7.48. The summed E-state index contributed by atoms with van der Waals surface area (Å²) in [6, 6.07) is 3.78. The molecule has 0 saturated carbocycles. The van der Waals surface area contributed by atoms with Crippen LogP contribution in [0.4, 0.5) is 0 Å². The van der Waals surface area contributed by atoms with Crippen molar-refractivity contribution < 1.29 is 24.0 Å². The van der Waals surface area contributed by atoms with Crippen LogP contribution in [0.15, 0.2) is 18.2 Å². The van der Waals surface area contributed by atoms with Crippen LogP contribution in [0.1, 0.15) is 53.5 Å². The minimum Gasteiger partial charge on any atom is -0.352 e. The Balaban J connectivity index is 0.00000225. The number of hydrogen-bond donors (Lipinski definition) is 2. The predicted octanol–water partition coefficient (Wildman–Crippen LogP) is 0.360. The topological polar surface area (TPSA) is 113 Å². The third kappa shape index (κ3) is 3.15. The van der Waals surface area contributed by atoms with Gasteiger partial charge < -0.3 is 5.32 Å². The monoisotopic (exact) mass is 345 g/mol. The van der Waals surface area contributed by atoms with Crippen LogP contribution < -0.4 is 10.6 Å². The van der Waals surface area contributed by atoms with Crippen LogP contribution >= 0.6 is 0 Å². The fourth-order valence-corrected chi connectivity index (χ4v) is 2.95. The Labute approximate surface area is 144 Å². The molecule has 25 heavy (non-hydrogen) atoms. The molecule has 8 nitrogen and oxygen atoms in total. The summed E-state index contributed by atoms with van der Waals surface area (Å²) in [4.78, 5) is 60.6. The lowest BCUT2D eigenvalue weighted by Crippen LogP contribution is -2.54. The minimum absolute atomic E-state index is 0. The molecule has 2 aliphatic rings. The van der Waals surface area contributed by atoms with Crippen molar-refractivity contribution in [1.29, 1.82) is 0 Å². The number of nitrogens with zero attached hydrogens (tertiary/aromatic N) is 1. The van der Waals surface area contributed by atoms with Crippen molar-refractivity contribution in [2.45, 2.75) is 39.8 Å². The molecule has 2 N–H and O–H groups in total. The van der Waals surface area contributed by atoms with Crippen LogP contribution in [0.3, 0.4) is 0 Å². The van der Waals surface area contributed by atoms with E-state index >= 15 is 0 Å². The number of nitrogens with one attached hydrogen (secondary N) is 2. The van der Waals surface area contributed by atoms with Gasteiger partial charge >= 0.3 is 0 Å². The van der Waals surface area contributed by atoms with Gasteiger partial charge in [0.1, 0.15) is 6.04 Å². The molecule has 132 valence electrons. The Morgan fingerprint density at radius 2 is 1.96 bits per heavy atom. The summed E-state index contributed by atoms with van der Waals surface area (Å²) in [6.07, 6.45) is 0.180. The number of imide groups is 2. The number of benzene rings is 1. The molecular weight excluding hydrogens is 326 g/mol. The highest BCUT2D eigenvalue weighted by atomic mass is 16.2. The van der Waals surface area contributed by atoms with Crippen LogP contribution in [-0.4, -0.2) is 40.5 Å². The lowest BCUT2D eigenvalue weighted by molar-refractivity contribution is -0.136. The van der Waals surface area contributed by atoms with Gasteiger partial charge in [0.15, 0.2) is 0 Å². The molecule has 0 bridgehead atoms. The molecule has 0 unspecified atom stereocenters. The van der Waals surface area contributed by atoms with Crippen molar-refractivity contribution in [3.8, 4) is 0 Å². The Bertz CT molecular complexity index is 786. The van der Waals surface area contributed by atoms with E-state index in [2.05, 4.69) is 10.6 Å². The quantitative estimate of drug-likeness (QED) is 0.768. The van der Waals surface area contributed by atoms with Crippen molar-refractivity contribution in [3.05, 3.63) is 34.9 Å². The molecule has 5 amide bonds. The van der Waals surface area contributed by atoms with E-state index in [0.717, 1.165) is 4.90 Å². The number of carbonyl (C=O) groups excluding carboxylic acids is 5. The zero-order chi connectivity index (χ0) is 17.4. The minimum atomic E-state index is -0.997. The average Bonchev–Trinajstić information content (AvgIpc) is 2.78.